The SMILES string of the molecule is C=C(COC(C)O)C(=O)OC1CCCC23OC2CCC(C)C13C. The summed E-state index contributed by atoms with van der Waals surface area (Å²) >= 11 is 0. The van der Waals surface area contributed by atoms with E-state index in [1.165, 1.54) is 6.92 Å². The number of aliphatic hydroxyl groups excluding tert-OH is 1. The first kappa shape index (κ1) is 16.9. The third-order valence-electron chi connectivity index (χ3n) is 6.33. The molecule has 0 radical (unpaired) electrons. The topological polar surface area (TPSA) is 68.3 Å². The Bertz CT molecular complexity index is 502. The average Bonchev–Trinajstić information content (AvgIpc) is 3.22. The lowest BCUT2D eigenvalue weighted by molar-refractivity contribution is -0.168. The average molecular weight is 324 g/mol. The molecule has 2 saturated carbocycles. The van der Waals surface area contributed by atoms with E-state index in [0.717, 1.165) is 32.1 Å². The highest BCUT2D eigenvalue weighted by molar-refractivity contribution is 5.88. The van der Waals surface area contributed by atoms with Crippen molar-refractivity contribution in [2.75, 3.05) is 6.61 Å². The summed E-state index contributed by atoms with van der Waals surface area (Å²) in [6.07, 6.45) is 4.46. The van der Waals surface area contributed by atoms with Gasteiger partial charge in [-0.3, -0.25) is 0 Å². The second-order valence-electron chi connectivity index (χ2n) is 7.56. The Morgan fingerprint density at radius 3 is 2.87 bits per heavy atom. The van der Waals surface area contributed by atoms with Gasteiger partial charge in [-0.25, -0.2) is 4.79 Å². The van der Waals surface area contributed by atoms with Gasteiger partial charge in [0.05, 0.1) is 18.3 Å². The number of rotatable bonds is 5. The number of esters is 1. The molecule has 1 saturated heterocycles. The quantitative estimate of drug-likeness (QED) is 0.364. The molecule has 6 unspecified atom stereocenters. The monoisotopic (exact) mass is 324 g/mol. The highest BCUT2D eigenvalue weighted by atomic mass is 16.6. The summed E-state index contributed by atoms with van der Waals surface area (Å²) in [6.45, 7) is 9.68. The van der Waals surface area contributed by atoms with Gasteiger partial charge >= 0.3 is 5.97 Å². The smallest absolute Gasteiger partial charge is 0.336 e. The summed E-state index contributed by atoms with van der Waals surface area (Å²) < 4.78 is 17.0. The maximum Gasteiger partial charge on any atom is 0.336 e. The van der Waals surface area contributed by atoms with Crippen LogP contribution < -0.4 is 0 Å². The maximum absolute atomic E-state index is 12.3. The van der Waals surface area contributed by atoms with Crippen molar-refractivity contribution in [2.24, 2.45) is 11.3 Å². The molecule has 5 heteroatoms. The van der Waals surface area contributed by atoms with Crippen LogP contribution in [0.3, 0.4) is 0 Å². The minimum atomic E-state index is -0.922. The van der Waals surface area contributed by atoms with E-state index >= 15 is 0 Å². The summed E-state index contributed by atoms with van der Waals surface area (Å²) in [7, 11) is 0. The van der Waals surface area contributed by atoms with Crippen molar-refractivity contribution >= 4 is 5.97 Å². The Kier molecular flexibility index (Phi) is 4.32. The molecule has 3 fully saturated rings. The Morgan fingerprint density at radius 1 is 1.43 bits per heavy atom. The molecular formula is C18H28O5. The molecule has 6 atom stereocenters. The molecule has 2 aliphatic carbocycles. The first-order valence-corrected chi connectivity index (χ1v) is 8.67. The molecule has 130 valence electrons. The molecule has 1 aliphatic heterocycles. The van der Waals surface area contributed by atoms with E-state index in [2.05, 4.69) is 20.4 Å². The molecule has 1 spiro atoms. The molecule has 3 aliphatic rings. The zero-order valence-electron chi connectivity index (χ0n) is 14.3. The first-order valence-electron chi connectivity index (χ1n) is 8.67. The lowest BCUT2D eigenvalue weighted by Crippen LogP contribution is -2.57. The van der Waals surface area contributed by atoms with Crippen LogP contribution in [0.1, 0.15) is 52.9 Å². The molecule has 0 aromatic rings. The Morgan fingerprint density at radius 2 is 2.17 bits per heavy atom. The zero-order chi connectivity index (χ0) is 16.8. The fourth-order valence-electron chi connectivity index (χ4n) is 4.71. The fourth-order valence-corrected chi connectivity index (χ4v) is 4.71. The van der Waals surface area contributed by atoms with Gasteiger partial charge < -0.3 is 19.3 Å². The summed E-state index contributed by atoms with van der Waals surface area (Å²) in [4.78, 5) is 12.3. The second-order valence-corrected chi connectivity index (χ2v) is 7.56. The van der Waals surface area contributed by atoms with Crippen LogP contribution in [0, 0.1) is 11.3 Å². The highest BCUT2D eigenvalue weighted by Crippen LogP contribution is 2.67. The van der Waals surface area contributed by atoms with Gasteiger partial charge in [-0.15, -0.1) is 0 Å². The lowest BCUT2D eigenvalue weighted by atomic mass is 9.54. The minimum absolute atomic E-state index is 0.0141. The number of ether oxygens (including phenoxy) is 3. The van der Waals surface area contributed by atoms with Gasteiger partial charge in [-0.2, -0.15) is 0 Å². The van der Waals surface area contributed by atoms with Crippen molar-refractivity contribution in [3.05, 3.63) is 12.2 Å². The number of aliphatic hydroxyl groups is 1. The lowest BCUT2D eigenvalue weighted by Gasteiger charge is -2.51. The molecule has 3 rings (SSSR count). The molecule has 0 bridgehead atoms. The fraction of sp³-hybridized carbons (Fsp3) is 0.833. The van der Waals surface area contributed by atoms with Crippen LogP contribution in [0.4, 0.5) is 0 Å². The van der Waals surface area contributed by atoms with Gasteiger partial charge in [0.1, 0.15) is 11.7 Å². The van der Waals surface area contributed by atoms with Gasteiger partial charge in [-0.05, 0) is 44.9 Å². The standard InChI is InChI=1S/C18H28O5/c1-11(10-21-13(3)19)16(20)22-14-6-5-9-18-15(23-18)8-7-12(2)17(14,18)4/h12-15,19H,1,5-10H2,2-4H3. The normalized spacial score (nSPS) is 43.0. The Balaban J connectivity index is 1.69. The highest BCUT2D eigenvalue weighted by Gasteiger charge is 2.73. The molecule has 5 nitrogen and oxygen atoms in total. The summed E-state index contributed by atoms with van der Waals surface area (Å²) in [6, 6.07) is 0. The molecule has 1 heterocycles. The van der Waals surface area contributed by atoms with Gasteiger partial charge in [-0.1, -0.05) is 20.4 Å². The van der Waals surface area contributed by atoms with E-state index in [1.54, 1.807) is 0 Å². The van der Waals surface area contributed by atoms with E-state index in [4.69, 9.17) is 19.3 Å². The summed E-state index contributed by atoms with van der Waals surface area (Å²) in [5.41, 5.74) is 0.0198. The van der Waals surface area contributed by atoms with E-state index in [0.29, 0.717) is 12.0 Å². The second kappa shape index (κ2) is 5.87. The van der Waals surface area contributed by atoms with Crippen LogP contribution in [0.25, 0.3) is 0 Å². The summed E-state index contributed by atoms with van der Waals surface area (Å²) in [5.74, 6) is 0.0326. The van der Waals surface area contributed by atoms with Gasteiger partial charge in [0.25, 0.3) is 0 Å². The minimum Gasteiger partial charge on any atom is -0.458 e. The van der Waals surface area contributed by atoms with Crippen molar-refractivity contribution in [3.8, 4) is 0 Å². The van der Waals surface area contributed by atoms with Crippen molar-refractivity contribution in [1.82, 2.24) is 0 Å². The first-order chi connectivity index (χ1) is 10.8. The Labute approximate surface area is 138 Å². The van der Waals surface area contributed by atoms with Crippen molar-refractivity contribution in [1.29, 1.82) is 0 Å². The largest absolute Gasteiger partial charge is 0.458 e. The molecular weight excluding hydrogens is 296 g/mol. The van der Waals surface area contributed by atoms with Gasteiger partial charge in [0.15, 0.2) is 6.29 Å². The number of carbonyl (C=O) groups is 1. The number of carbonyl (C=O) groups excluding carboxylic acids is 1. The maximum atomic E-state index is 12.3. The van der Waals surface area contributed by atoms with Crippen LogP contribution in [0.5, 0.6) is 0 Å². The molecule has 1 N–H and O–H groups in total. The molecule has 0 amide bonds. The van der Waals surface area contributed by atoms with E-state index in [9.17, 15) is 4.79 Å². The van der Waals surface area contributed by atoms with Crippen molar-refractivity contribution < 1.29 is 24.1 Å². The number of epoxide rings is 1. The third-order valence-corrected chi connectivity index (χ3v) is 6.33. The van der Waals surface area contributed by atoms with E-state index < -0.39 is 12.3 Å². The molecule has 0 aromatic carbocycles. The number of hydrogen-bond donors (Lipinski definition) is 1. The van der Waals surface area contributed by atoms with Crippen LogP contribution in [-0.2, 0) is 19.0 Å². The van der Waals surface area contributed by atoms with Gasteiger partial charge in [0, 0.05) is 5.41 Å². The Hall–Kier alpha value is -0.910. The van der Waals surface area contributed by atoms with Crippen LogP contribution in [-0.4, -0.2) is 41.8 Å². The molecule has 0 aromatic heterocycles. The van der Waals surface area contributed by atoms with Crippen LogP contribution >= 0.6 is 0 Å². The van der Waals surface area contributed by atoms with Crippen LogP contribution in [0.15, 0.2) is 12.2 Å². The van der Waals surface area contributed by atoms with Crippen LogP contribution in [0.2, 0.25) is 0 Å². The van der Waals surface area contributed by atoms with Gasteiger partial charge in [0.2, 0.25) is 0 Å². The zero-order valence-corrected chi connectivity index (χ0v) is 14.3. The predicted molar refractivity (Wildman–Crippen MR) is 84.6 cm³/mol. The predicted octanol–water partition coefficient (Wildman–Crippen LogP) is 2.57. The summed E-state index contributed by atoms with van der Waals surface area (Å²) in [5, 5.41) is 9.14. The molecule has 23 heavy (non-hydrogen) atoms. The number of hydrogen-bond acceptors (Lipinski definition) is 5. The van der Waals surface area contributed by atoms with Crippen molar-refractivity contribution in [2.45, 2.75) is 77.0 Å². The third kappa shape index (κ3) is 2.63. The van der Waals surface area contributed by atoms with Crippen molar-refractivity contribution in [3.63, 3.8) is 0 Å². The van der Waals surface area contributed by atoms with E-state index in [1.807, 2.05) is 0 Å². The van der Waals surface area contributed by atoms with E-state index in [-0.39, 0.29) is 29.3 Å².